The van der Waals surface area contributed by atoms with E-state index < -0.39 is 0 Å². The number of dihydropyridines is 1. The van der Waals surface area contributed by atoms with E-state index in [4.69, 9.17) is 0 Å². The van der Waals surface area contributed by atoms with Gasteiger partial charge in [0.25, 0.3) is 0 Å². The molecule has 0 radical (unpaired) electrons. The molecule has 0 bridgehead atoms. The van der Waals surface area contributed by atoms with Crippen molar-refractivity contribution in [3.8, 4) is 12.1 Å². The average Bonchev–Trinajstić information content (AvgIpc) is 2.76. The normalized spacial score (nSPS) is 20.5. The molecule has 0 spiro atoms. The van der Waals surface area contributed by atoms with Gasteiger partial charge in [0.15, 0.2) is 0 Å². The van der Waals surface area contributed by atoms with Crippen LogP contribution in [0.4, 0.5) is 5.69 Å². The number of benzene rings is 1. The minimum absolute atomic E-state index is 0.135. The van der Waals surface area contributed by atoms with Gasteiger partial charge in [-0.2, -0.15) is 10.5 Å². The monoisotopic (exact) mass is 452 g/mol. The molecule has 1 aromatic carbocycles. The third-order valence-electron chi connectivity index (χ3n) is 7.59. The zero-order valence-electron chi connectivity index (χ0n) is 21.6. The predicted molar refractivity (Wildman–Crippen MR) is 140 cm³/mol. The van der Waals surface area contributed by atoms with E-state index in [1.807, 2.05) is 24.3 Å². The lowest BCUT2D eigenvalue weighted by Crippen LogP contribution is -2.44. The molecule has 0 aliphatic carbocycles. The summed E-state index contributed by atoms with van der Waals surface area (Å²) in [5, 5.41) is 22.4. The maximum atomic E-state index is 9.43. The Morgan fingerprint density at radius 3 is 2.00 bits per heavy atom. The SMILES string of the molecule is CC(C)(C)C1=CC(=C(C#N)C#N)C=C(/C=C/c2cc3c4c(c2)C(C)(C)CCN4CCC3(C)C)N1. The van der Waals surface area contributed by atoms with Crippen LogP contribution < -0.4 is 10.2 Å². The molecule has 4 nitrogen and oxygen atoms in total. The second kappa shape index (κ2) is 8.21. The van der Waals surface area contributed by atoms with E-state index in [9.17, 15) is 10.5 Å². The van der Waals surface area contributed by atoms with E-state index in [1.54, 1.807) is 0 Å². The summed E-state index contributed by atoms with van der Waals surface area (Å²) >= 11 is 0. The Labute approximate surface area is 205 Å². The Kier molecular flexibility index (Phi) is 5.77. The zero-order chi connectivity index (χ0) is 24.9. The number of anilines is 1. The molecular weight excluding hydrogens is 416 g/mol. The number of nitriles is 2. The lowest BCUT2D eigenvalue weighted by Gasteiger charge is -2.48. The van der Waals surface area contributed by atoms with Gasteiger partial charge in [0.05, 0.1) is 0 Å². The van der Waals surface area contributed by atoms with Crippen LogP contribution in [-0.4, -0.2) is 13.1 Å². The summed E-state index contributed by atoms with van der Waals surface area (Å²) in [5.74, 6) is 0. The standard InChI is InChI=1S/C30H36N4/c1-28(2,3)26-17-21(22(18-31)19-32)16-23(33-26)9-8-20-14-24-27-25(15-20)30(6,7)11-13-34(27)12-10-29(24,4)5/h8-9,14-17,33H,10-13H2,1-7H3/b9-8+. The van der Waals surface area contributed by atoms with E-state index in [0.29, 0.717) is 5.57 Å². The lowest BCUT2D eigenvalue weighted by atomic mass is 9.69. The number of nitrogens with zero attached hydrogens (tertiary/aromatic N) is 3. The number of allylic oxidation sites excluding steroid dienone is 6. The van der Waals surface area contributed by atoms with Crippen molar-refractivity contribution in [1.29, 1.82) is 10.5 Å². The summed E-state index contributed by atoms with van der Waals surface area (Å²) in [6.45, 7) is 18.1. The van der Waals surface area contributed by atoms with Crippen LogP contribution in [0.2, 0.25) is 0 Å². The van der Waals surface area contributed by atoms with Crippen LogP contribution in [0.3, 0.4) is 0 Å². The third-order valence-corrected chi connectivity index (χ3v) is 7.59. The van der Waals surface area contributed by atoms with Gasteiger partial charge in [-0.05, 0) is 70.7 Å². The zero-order valence-corrected chi connectivity index (χ0v) is 21.6. The van der Waals surface area contributed by atoms with Gasteiger partial charge in [-0.3, -0.25) is 0 Å². The molecule has 1 N–H and O–H groups in total. The largest absolute Gasteiger partial charge is 0.371 e. The van der Waals surface area contributed by atoms with Crippen molar-refractivity contribution in [1.82, 2.24) is 5.32 Å². The molecule has 3 aliphatic heterocycles. The van der Waals surface area contributed by atoms with Gasteiger partial charge >= 0.3 is 0 Å². The average molecular weight is 453 g/mol. The summed E-state index contributed by atoms with van der Waals surface area (Å²) in [6, 6.07) is 8.80. The molecule has 0 amide bonds. The van der Waals surface area contributed by atoms with E-state index in [-0.39, 0.29) is 21.8 Å². The molecular formula is C30H36N4. The van der Waals surface area contributed by atoms with Crippen LogP contribution in [0.5, 0.6) is 0 Å². The van der Waals surface area contributed by atoms with Gasteiger partial charge in [0.1, 0.15) is 17.7 Å². The first-order valence-corrected chi connectivity index (χ1v) is 12.2. The Hall–Kier alpha value is -3.24. The summed E-state index contributed by atoms with van der Waals surface area (Å²) in [5.41, 5.74) is 8.37. The molecule has 0 saturated heterocycles. The molecule has 0 fully saturated rings. The first-order valence-electron chi connectivity index (χ1n) is 12.2. The Bertz CT molecular complexity index is 1170. The molecule has 4 heteroatoms. The number of nitrogens with one attached hydrogen (secondary N) is 1. The van der Waals surface area contributed by atoms with Crippen molar-refractivity contribution < 1.29 is 0 Å². The summed E-state index contributed by atoms with van der Waals surface area (Å²) in [6.07, 6.45) is 10.4. The molecule has 0 aromatic heterocycles. The fourth-order valence-electron chi connectivity index (χ4n) is 5.13. The lowest BCUT2D eigenvalue weighted by molar-refractivity contribution is 0.401. The maximum absolute atomic E-state index is 9.43. The van der Waals surface area contributed by atoms with Gasteiger partial charge in [-0.25, -0.2) is 0 Å². The van der Waals surface area contributed by atoms with Crippen LogP contribution in [0.25, 0.3) is 6.08 Å². The maximum Gasteiger partial charge on any atom is 0.137 e. The second-order valence-corrected chi connectivity index (χ2v) is 12.1. The predicted octanol–water partition coefficient (Wildman–Crippen LogP) is 6.63. The fraction of sp³-hybridized carbons (Fsp3) is 0.467. The quantitative estimate of drug-likeness (QED) is 0.512. The fourth-order valence-corrected chi connectivity index (χ4v) is 5.13. The van der Waals surface area contributed by atoms with Crippen molar-refractivity contribution in [2.24, 2.45) is 5.41 Å². The smallest absolute Gasteiger partial charge is 0.137 e. The molecule has 3 aliphatic rings. The van der Waals surface area contributed by atoms with Crippen LogP contribution in [0.1, 0.15) is 78.0 Å². The van der Waals surface area contributed by atoms with Crippen LogP contribution in [0.15, 0.2) is 52.9 Å². The number of hydrogen-bond donors (Lipinski definition) is 1. The van der Waals surface area contributed by atoms with E-state index in [1.165, 1.54) is 35.2 Å². The number of hydrogen-bond acceptors (Lipinski definition) is 4. The Balaban J connectivity index is 1.79. The second-order valence-electron chi connectivity index (χ2n) is 12.1. The van der Waals surface area contributed by atoms with Gasteiger partial charge in [0, 0.05) is 41.2 Å². The molecule has 1 aromatic rings. The van der Waals surface area contributed by atoms with Crippen LogP contribution >= 0.6 is 0 Å². The van der Waals surface area contributed by atoms with Crippen molar-refractivity contribution in [3.05, 3.63) is 69.6 Å². The van der Waals surface area contributed by atoms with Crippen LogP contribution in [0, 0.1) is 28.1 Å². The highest BCUT2D eigenvalue weighted by Crippen LogP contribution is 2.49. The molecule has 4 rings (SSSR count). The molecule has 0 saturated carbocycles. The van der Waals surface area contributed by atoms with Crippen molar-refractivity contribution in [3.63, 3.8) is 0 Å². The summed E-state index contributed by atoms with van der Waals surface area (Å²) in [7, 11) is 0. The van der Waals surface area contributed by atoms with Gasteiger partial charge in [-0.15, -0.1) is 0 Å². The topological polar surface area (TPSA) is 62.9 Å². The van der Waals surface area contributed by atoms with Gasteiger partial charge in [0.2, 0.25) is 0 Å². The third kappa shape index (κ3) is 4.30. The highest BCUT2D eigenvalue weighted by molar-refractivity contribution is 5.72. The molecule has 3 heterocycles. The minimum Gasteiger partial charge on any atom is -0.371 e. The molecule has 34 heavy (non-hydrogen) atoms. The van der Waals surface area contributed by atoms with Crippen molar-refractivity contribution in [2.75, 3.05) is 18.0 Å². The highest BCUT2D eigenvalue weighted by atomic mass is 15.2. The molecule has 0 unspecified atom stereocenters. The minimum atomic E-state index is -0.137. The Morgan fingerprint density at radius 1 is 0.941 bits per heavy atom. The summed E-state index contributed by atoms with van der Waals surface area (Å²) < 4.78 is 0. The first-order chi connectivity index (χ1) is 15.9. The van der Waals surface area contributed by atoms with E-state index >= 15 is 0 Å². The Morgan fingerprint density at radius 2 is 1.50 bits per heavy atom. The van der Waals surface area contributed by atoms with Crippen LogP contribution in [-0.2, 0) is 10.8 Å². The van der Waals surface area contributed by atoms with Crippen molar-refractivity contribution >= 4 is 11.8 Å². The van der Waals surface area contributed by atoms with Gasteiger partial charge in [-0.1, -0.05) is 54.5 Å². The van der Waals surface area contributed by atoms with E-state index in [0.717, 1.165) is 24.5 Å². The first kappa shape index (κ1) is 23.9. The molecule has 0 atom stereocenters. The highest BCUT2D eigenvalue weighted by Gasteiger charge is 2.39. The van der Waals surface area contributed by atoms with E-state index in [2.05, 4.69) is 83.0 Å². The summed E-state index contributed by atoms with van der Waals surface area (Å²) in [4.78, 5) is 2.59. The molecule has 176 valence electrons. The van der Waals surface area contributed by atoms with Gasteiger partial charge < -0.3 is 10.2 Å². The van der Waals surface area contributed by atoms with Crippen molar-refractivity contribution in [2.45, 2.75) is 72.1 Å². The number of rotatable bonds is 2.